The Morgan fingerprint density at radius 1 is 1.12 bits per heavy atom. The number of hydrogen-bond acceptors (Lipinski definition) is 4. The van der Waals surface area contributed by atoms with Crippen molar-refractivity contribution in [3.8, 4) is 23.1 Å². The number of anilines is 1. The molecule has 0 fully saturated rings. The summed E-state index contributed by atoms with van der Waals surface area (Å²) in [6.45, 7) is 0. The first-order chi connectivity index (χ1) is 11.8. The van der Waals surface area contributed by atoms with E-state index in [9.17, 15) is 22.8 Å². The fourth-order valence-electron chi connectivity index (χ4n) is 2.24. The number of rotatable bonds is 2. The number of nitrogen functional groups attached to an aromatic ring is 1. The van der Waals surface area contributed by atoms with Crippen LogP contribution in [0.2, 0.25) is 0 Å². The van der Waals surface area contributed by atoms with Gasteiger partial charge in [-0.2, -0.15) is 28.2 Å². The highest BCUT2D eigenvalue weighted by molar-refractivity contribution is 5.73. The van der Waals surface area contributed by atoms with Crippen molar-refractivity contribution in [1.29, 1.82) is 5.26 Å². The normalized spacial score (nSPS) is 11.3. The van der Waals surface area contributed by atoms with Gasteiger partial charge in [0.25, 0.3) is 0 Å². The van der Waals surface area contributed by atoms with Gasteiger partial charge < -0.3 is 5.73 Å². The second-order valence-electron chi connectivity index (χ2n) is 5.02. The van der Waals surface area contributed by atoms with Crippen molar-refractivity contribution in [1.82, 2.24) is 14.8 Å². The number of halogens is 4. The minimum Gasteiger partial charge on any atom is -0.382 e. The Kier molecular flexibility index (Phi) is 3.88. The van der Waals surface area contributed by atoms with Crippen molar-refractivity contribution in [3.63, 3.8) is 0 Å². The summed E-state index contributed by atoms with van der Waals surface area (Å²) in [5.74, 6) is -0.776. The Morgan fingerprint density at radius 3 is 2.40 bits per heavy atom. The quantitative estimate of drug-likeness (QED) is 0.719. The van der Waals surface area contributed by atoms with Gasteiger partial charge in [-0.25, -0.2) is 9.37 Å². The van der Waals surface area contributed by atoms with E-state index in [-0.39, 0.29) is 28.5 Å². The third-order valence-corrected chi connectivity index (χ3v) is 3.45. The van der Waals surface area contributed by atoms with E-state index in [1.165, 1.54) is 18.2 Å². The predicted molar refractivity (Wildman–Crippen MR) is 80.9 cm³/mol. The molecule has 0 aliphatic carbocycles. The Bertz CT molecular complexity index is 968. The van der Waals surface area contributed by atoms with Gasteiger partial charge in [0.15, 0.2) is 5.82 Å². The molecule has 0 aliphatic heterocycles. The number of aromatic nitrogens is 3. The van der Waals surface area contributed by atoms with Crippen molar-refractivity contribution in [2.45, 2.75) is 6.18 Å². The van der Waals surface area contributed by atoms with Gasteiger partial charge >= 0.3 is 6.18 Å². The number of nitriles is 1. The number of alkyl halides is 3. The molecule has 126 valence electrons. The standard InChI is InChI=1S/C16H9F4N5/c17-12-4-2-1-3-10(12)14-11(7-21)15(22)25(24-14)13-6-5-9(8-23-13)16(18,19)20/h1-6,8H,22H2. The molecule has 0 saturated heterocycles. The maximum absolute atomic E-state index is 14.0. The monoisotopic (exact) mass is 347 g/mol. The molecule has 5 nitrogen and oxygen atoms in total. The lowest BCUT2D eigenvalue weighted by Gasteiger charge is -2.07. The van der Waals surface area contributed by atoms with Crippen LogP contribution in [0.3, 0.4) is 0 Å². The summed E-state index contributed by atoms with van der Waals surface area (Å²) in [6, 6.07) is 9.37. The van der Waals surface area contributed by atoms with Crippen LogP contribution in [0.25, 0.3) is 17.1 Å². The van der Waals surface area contributed by atoms with Crippen LogP contribution in [0.1, 0.15) is 11.1 Å². The zero-order chi connectivity index (χ0) is 18.2. The van der Waals surface area contributed by atoms with Crippen LogP contribution in [0.15, 0.2) is 42.6 Å². The van der Waals surface area contributed by atoms with E-state index in [1.807, 2.05) is 6.07 Å². The summed E-state index contributed by atoms with van der Waals surface area (Å²) in [5, 5.41) is 13.3. The minimum absolute atomic E-state index is 0.0141. The molecule has 0 unspecified atom stereocenters. The molecule has 25 heavy (non-hydrogen) atoms. The SMILES string of the molecule is N#Cc1c(-c2ccccc2F)nn(-c2ccc(C(F)(F)F)cn2)c1N. The molecule has 0 atom stereocenters. The number of hydrogen-bond donors (Lipinski definition) is 1. The molecule has 0 amide bonds. The van der Waals surface area contributed by atoms with Gasteiger partial charge in [0.2, 0.25) is 0 Å². The van der Waals surface area contributed by atoms with Crippen LogP contribution < -0.4 is 5.73 Å². The van der Waals surface area contributed by atoms with Crippen LogP contribution in [0.5, 0.6) is 0 Å². The first kappa shape index (κ1) is 16.4. The molecule has 0 radical (unpaired) electrons. The van der Waals surface area contributed by atoms with Crippen molar-refractivity contribution in [2.75, 3.05) is 5.73 Å². The third-order valence-electron chi connectivity index (χ3n) is 3.45. The molecule has 2 aromatic heterocycles. The van der Waals surface area contributed by atoms with Crippen LogP contribution in [0.4, 0.5) is 23.4 Å². The van der Waals surface area contributed by atoms with Gasteiger partial charge in [-0.3, -0.25) is 0 Å². The Hall–Kier alpha value is -3.41. The fourth-order valence-corrected chi connectivity index (χ4v) is 2.24. The summed E-state index contributed by atoms with van der Waals surface area (Å²) in [6.07, 6.45) is -3.90. The van der Waals surface area contributed by atoms with Crippen LogP contribution in [0, 0.1) is 17.1 Å². The maximum atomic E-state index is 14.0. The Labute approximate surface area is 138 Å². The average Bonchev–Trinajstić information content (AvgIpc) is 2.91. The van der Waals surface area contributed by atoms with E-state index >= 15 is 0 Å². The highest BCUT2D eigenvalue weighted by Gasteiger charge is 2.31. The molecule has 0 bridgehead atoms. The lowest BCUT2D eigenvalue weighted by molar-refractivity contribution is -0.137. The molecule has 2 heterocycles. The first-order valence-corrected chi connectivity index (χ1v) is 6.90. The number of nitrogens with two attached hydrogens (primary N) is 1. The molecular formula is C16H9F4N5. The third kappa shape index (κ3) is 2.89. The fraction of sp³-hybridized carbons (Fsp3) is 0.0625. The van der Waals surface area contributed by atoms with E-state index in [0.717, 1.165) is 16.8 Å². The number of nitrogens with zero attached hydrogens (tertiary/aromatic N) is 4. The summed E-state index contributed by atoms with van der Waals surface area (Å²) in [7, 11) is 0. The lowest BCUT2D eigenvalue weighted by atomic mass is 10.1. The van der Waals surface area contributed by atoms with Crippen molar-refractivity contribution < 1.29 is 17.6 Å². The predicted octanol–water partition coefficient (Wildman–Crippen LogP) is 3.55. The molecule has 9 heteroatoms. The van der Waals surface area contributed by atoms with E-state index in [4.69, 9.17) is 5.73 Å². The highest BCUT2D eigenvalue weighted by Crippen LogP contribution is 2.31. The average molecular weight is 347 g/mol. The highest BCUT2D eigenvalue weighted by atomic mass is 19.4. The largest absolute Gasteiger partial charge is 0.417 e. The molecule has 0 saturated carbocycles. The van der Waals surface area contributed by atoms with E-state index < -0.39 is 17.6 Å². The number of pyridine rings is 1. The molecule has 0 aliphatic rings. The van der Waals surface area contributed by atoms with Crippen molar-refractivity contribution in [3.05, 3.63) is 59.5 Å². The van der Waals surface area contributed by atoms with Crippen molar-refractivity contribution in [2.24, 2.45) is 0 Å². The topological polar surface area (TPSA) is 80.5 Å². The van der Waals surface area contributed by atoms with Gasteiger partial charge in [0, 0.05) is 11.8 Å². The van der Waals surface area contributed by atoms with Gasteiger partial charge in [-0.1, -0.05) is 12.1 Å². The molecule has 1 aromatic carbocycles. The Balaban J connectivity index is 2.13. The van der Waals surface area contributed by atoms with E-state index in [2.05, 4.69) is 10.1 Å². The molecule has 3 aromatic rings. The lowest BCUT2D eigenvalue weighted by Crippen LogP contribution is -2.08. The molecular weight excluding hydrogens is 338 g/mol. The second kappa shape index (κ2) is 5.90. The van der Waals surface area contributed by atoms with Crippen LogP contribution >= 0.6 is 0 Å². The van der Waals surface area contributed by atoms with Gasteiger partial charge in [-0.15, -0.1) is 0 Å². The molecule has 0 spiro atoms. The Morgan fingerprint density at radius 2 is 1.84 bits per heavy atom. The maximum Gasteiger partial charge on any atom is 0.417 e. The summed E-state index contributed by atoms with van der Waals surface area (Å²) < 4.78 is 52.8. The van der Waals surface area contributed by atoms with Crippen molar-refractivity contribution >= 4 is 5.82 Å². The second-order valence-corrected chi connectivity index (χ2v) is 5.02. The van der Waals surface area contributed by atoms with Gasteiger partial charge in [0.05, 0.1) is 5.56 Å². The zero-order valence-corrected chi connectivity index (χ0v) is 12.4. The van der Waals surface area contributed by atoms with E-state index in [1.54, 1.807) is 6.07 Å². The smallest absolute Gasteiger partial charge is 0.382 e. The van der Waals surface area contributed by atoms with Gasteiger partial charge in [0.1, 0.15) is 29.0 Å². The first-order valence-electron chi connectivity index (χ1n) is 6.90. The number of benzene rings is 1. The van der Waals surface area contributed by atoms with Crippen LogP contribution in [-0.2, 0) is 6.18 Å². The minimum atomic E-state index is -4.53. The van der Waals surface area contributed by atoms with E-state index in [0.29, 0.717) is 6.20 Å². The zero-order valence-electron chi connectivity index (χ0n) is 12.4. The molecule has 2 N–H and O–H groups in total. The van der Waals surface area contributed by atoms with Crippen LogP contribution in [-0.4, -0.2) is 14.8 Å². The summed E-state index contributed by atoms with van der Waals surface area (Å²) in [4.78, 5) is 3.68. The van der Waals surface area contributed by atoms with Gasteiger partial charge in [-0.05, 0) is 24.3 Å². The molecule has 3 rings (SSSR count). The summed E-state index contributed by atoms with van der Waals surface area (Å²) in [5.41, 5.74) is 4.86. The summed E-state index contributed by atoms with van der Waals surface area (Å²) >= 11 is 0.